The van der Waals surface area contributed by atoms with Gasteiger partial charge >= 0.3 is 13.3 Å². The molecule has 1 aromatic heterocycles. The van der Waals surface area contributed by atoms with Gasteiger partial charge in [0.25, 0.3) is 0 Å². The Labute approximate surface area is 128 Å². The number of rotatable bonds is 2. The second-order valence-corrected chi connectivity index (χ2v) is 6.62. The van der Waals surface area contributed by atoms with Crippen molar-refractivity contribution in [2.45, 2.75) is 45.1 Å². The van der Waals surface area contributed by atoms with Crippen molar-refractivity contribution in [1.29, 1.82) is 0 Å². The van der Waals surface area contributed by atoms with Crippen molar-refractivity contribution in [3.05, 3.63) is 17.8 Å². The van der Waals surface area contributed by atoms with Gasteiger partial charge in [-0.15, -0.1) is 0 Å². The van der Waals surface area contributed by atoms with E-state index in [1.807, 2.05) is 27.7 Å². The molecular weight excluding hydrogens is 296 g/mol. The lowest BCUT2D eigenvalue weighted by Crippen LogP contribution is -2.41. The number of nitrogens with zero attached hydrogens (tertiary/aromatic N) is 2. The second-order valence-electron chi connectivity index (χ2n) is 6.62. The monoisotopic (exact) mass is 316 g/mol. The van der Waals surface area contributed by atoms with Gasteiger partial charge in [0.15, 0.2) is 0 Å². The third-order valence-corrected chi connectivity index (χ3v) is 4.15. The molecule has 0 N–H and O–H groups in total. The third-order valence-electron chi connectivity index (χ3n) is 4.15. The van der Waals surface area contributed by atoms with Gasteiger partial charge in [0.2, 0.25) is 0 Å². The topological polar surface area (TPSA) is 34.6 Å². The lowest BCUT2D eigenvalue weighted by molar-refractivity contribution is -0.137. The Hall–Kier alpha value is -1.28. The van der Waals surface area contributed by atoms with Gasteiger partial charge in [-0.2, -0.15) is 13.2 Å². The molecule has 1 aromatic rings. The molecule has 4 nitrogen and oxygen atoms in total. The standard InChI is InChI=1S/C14H20BF3N2O2/c1-12(2)13(3,4)22-15(21-12)10-7-9(14(16,17)18)8-19-11(10)20(5)6/h7-8H,1-6H3. The van der Waals surface area contributed by atoms with E-state index >= 15 is 0 Å². The summed E-state index contributed by atoms with van der Waals surface area (Å²) in [4.78, 5) is 5.57. The molecule has 0 unspecified atom stereocenters. The molecule has 22 heavy (non-hydrogen) atoms. The fourth-order valence-electron chi connectivity index (χ4n) is 2.15. The first-order valence-corrected chi connectivity index (χ1v) is 6.95. The molecule has 2 heterocycles. The molecule has 2 rings (SSSR count). The Bertz CT molecular complexity index is 558. The summed E-state index contributed by atoms with van der Waals surface area (Å²) in [6.07, 6.45) is -3.64. The average Bonchev–Trinajstić information content (AvgIpc) is 2.56. The molecule has 0 spiro atoms. The van der Waals surface area contributed by atoms with Crippen LogP contribution in [-0.2, 0) is 15.5 Å². The predicted octanol–water partition coefficient (Wildman–Crippen LogP) is 2.47. The average molecular weight is 316 g/mol. The summed E-state index contributed by atoms with van der Waals surface area (Å²) in [6.45, 7) is 7.40. The molecule has 122 valence electrons. The number of alkyl halides is 3. The number of hydrogen-bond donors (Lipinski definition) is 0. The van der Waals surface area contributed by atoms with Crippen LogP contribution in [0.15, 0.2) is 12.3 Å². The van der Waals surface area contributed by atoms with Crippen LogP contribution >= 0.6 is 0 Å². The SMILES string of the molecule is CN(C)c1ncc(C(F)(F)F)cc1B1OC(C)(C)C(C)(C)O1. The normalized spacial score (nSPS) is 20.3. The summed E-state index contributed by atoms with van der Waals surface area (Å²) < 4.78 is 50.6. The number of halogens is 3. The predicted molar refractivity (Wildman–Crippen MR) is 79.3 cm³/mol. The highest BCUT2D eigenvalue weighted by molar-refractivity contribution is 6.63. The van der Waals surface area contributed by atoms with E-state index in [0.29, 0.717) is 5.82 Å². The maximum Gasteiger partial charge on any atom is 0.498 e. The van der Waals surface area contributed by atoms with Gasteiger partial charge in [-0.05, 0) is 33.8 Å². The summed E-state index contributed by atoms with van der Waals surface area (Å²) in [7, 11) is 2.53. The highest BCUT2D eigenvalue weighted by atomic mass is 19.4. The van der Waals surface area contributed by atoms with Crippen molar-refractivity contribution in [3.63, 3.8) is 0 Å². The molecule has 1 aliphatic heterocycles. The molecule has 0 saturated carbocycles. The zero-order chi connectivity index (χ0) is 16.9. The van der Waals surface area contributed by atoms with Crippen LogP contribution in [0.5, 0.6) is 0 Å². The van der Waals surface area contributed by atoms with E-state index in [-0.39, 0.29) is 5.46 Å². The highest BCUT2D eigenvalue weighted by Crippen LogP contribution is 2.37. The van der Waals surface area contributed by atoms with Gasteiger partial charge in [0.05, 0.1) is 16.8 Å². The molecule has 1 saturated heterocycles. The zero-order valence-corrected chi connectivity index (χ0v) is 13.6. The largest absolute Gasteiger partial charge is 0.498 e. The fourth-order valence-corrected chi connectivity index (χ4v) is 2.15. The van der Waals surface area contributed by atoms with E-state index in [9.17, 15) is 13.2 Å². The van der Waals surface area contributed by atoms with Crippen LogP contribution in [0, 0.1) is 0 Å². The number of anilines is 1. The molecule has 1 aliphatic rings. The van der Waals surface area contributed by atoms with Crippen LogP contribution in [0.2, 0.25) is 0 Å². The van der Waals surface area contributed by atoms with Crippen molar-refractivity contribution >= 4 is 18.4 Å². The first-order valence-electron chi connectivity index (χ1n) is 6.95. The smallest absolute Gasteiger partial charge is 0.399 e. The highest BCUT2D eigenvalue weighted by Gasteiger charge is 2.53. The van der Waals surface area contributed by atoms with E-state index in [1.54, 1.807) is 19.0 Å². The van der Waals surface area contributed by atoms with Crippen molar-refractivity contribution in [3.8, 4) is 0 Å². The maximum absolute atomic E-state index is 13.0. The van der Waals surface area contributed by atoms with E-state index in [2.05, 4.69) is 4.98 Å². The summed E-state index contributed by atoms with van der Waals surface area (Å²) in [5, 5.41) is 0. The molecule has 0 aliphatic carbocycles. The number of aromatic nitrogens is 1. The van der Waals surface area contributed by atoms with Crippen molar-refractivity contribution in [2.75, 3.05) is 19.0 Å². The minimum absolute atomic E-state index is 0.276. The Morgan fingerprint density at radius 3 is 2.00 bits per heavy atom. The second kappa shape index (κ2) is 5.13. The van der Waals surface area contributed by atoms with Crippen LogP contribution in [0.4, 0.5) is 19.0 Å². The quantitative estimate of drug-likeness (QED) is 0.785. The lowest BCUT2D eigenvalue weighted by Gasteiger charge is -2.32. The van der Waals surface area contributed by atoms with Gasteiger partial charge < -0.3 is 14.2 Å². The zero-order valence-electron chi connectivity index (χ0n) is 13.6. The lowest BCUT2D eigenvalue weighted by atomic mass is 9.78. The van der Waals surface area contributed by atoms with Crippen LogP contribution < -0.4 is 10.4 Å². The Morgan fingerprint density at radius 1 is 1.09 bits per heavy atom. The maximum atomic E-state index is 13.0. The molecular formula is C14H20BF3N2O2. The van der Waals surface area contributed by atoms with E-state index in [4.69, 9.17) is 9.31 Å². The van der Waals surface area contributed by atoms with Crippen molar-refractivity contribution in [2.24, 2.45) is 0 Å². The van der Waals surface area contributed by atoms with Crippen LogP contribution in [0.1, 0.15) is 33.3 Å². The fraction of sp³-hybridized carbons (Fsp3) is 0.643. The first kappa shape index (κ1) is 17.1. The Morgan fingerprint density at radius 2 is 1.59 bits per heavy atom. The van der Waals surface area contributed by atoms with Gasteiger partial charge in [0, 0.05) is 25.8 Å². The van der Waals surface area contributed by atoms with Crippen LogP contribution in [0.25, 0.3) is 0 Å². The summed E-state index contributed by atoms with van der Waals surface area (Å²) in [5.74, 6) is 0.395. The summed E-state index contributed by atoms with van der Waals surface area (Å²) >= 11 is 0. The Kier molecular flexibility index (Phi) is 3.98. The molecule has 0 radical (unpaired) electrons. The molecule has 0 atom stereocenters. The van der Waals surface area contributed by atoms with Gasteiger partial charge in [-0.3, -0.25) is 0 Å². The molecule has 1 fully saturated rings. The van der Waals surface area contributed by atoms with E-state index in [1.165, 1.54) is 0 Å². The Balaban J connectivity index is 2.49. The van der Waals surface area contributed by atoms with Gasteiger partial charge in [0.1, 0.15) is 5.82 Å². The van der Waals surface area contributed by atoms with Crippen LogP contribution in [0.3, 0.4) is 0 Å². The number of pyridine rings is 1. The first-order chi connectivity index (χ1) is 9.85. The van der Waals surface area contributed by atoms with Crippen molar-refractivity contribution < 1.29 is 22.5 Å². The molecule has 0 amide bonds. The summed E-state index contributed by atoms with van der Waals surface area (Å²) in [5.41, 5.74) is -1.80. The molecule has 8 heteroatoms. The van der Waals surface area contributed by atoms with E-state index < -0.39 is 30.1 Å². The third kappa shape index (κ3) is 2.94. The van der Waals surface area contributed by atoms with Gasteiger partial charge in [-0.25, -0.2) is 4.98 Å². The summed E-state index contributed by atoms with van der Waals surface area (Å²) in [6, 6.07) is 1.05. The number of hydrogen-bond acceptors (Lipinski definition) is 4. The van der Waals surface area contributed by atoms with Gasteiger partial charge in [-0.1, -0.05) is 0 Å². The van der Waals surface area contributed by atoms with E-state index in [0.717, 1.165) is 12.3 Å². The molecule has 0 aromatic carbocycles. The minimum Gasteiger partial charge on any atom is -0.399 e. The van der Waals surface area contributed by atoms with Crippen molar-refractivity contribution in [1.82, 2.24) is 4.98 Å². The van der Waals surface area contributed by atoms with Crippen LogP contribution in [-0.4, -0.2) is 37.4 Å². The minimum atomic E-state index is -4.46. The molecule has 0 bridgehead atoms.